The second-order valence-electron chi connectivity index (χ2n) is 11.8. The van der Waals surface area contributed by atoms with E-state index < -0.39 is 76.9 Å². The van der Waals surface area contributed by atoms with E-state index >= 15 is 0 Å². The average molecular weight is 562 g/mol. The minimum absolute atomic E-state index is 0.0142. The van der Waals surface area contributed by atoms with Gasteiger partial charge in [0.1, 0.15) is 22.8 Å². The van der Waals surface area contributed by atoms with Crippen LogP contribution in [0, 0.1) is 11.8 Å². The first-order chi connectivity index (χ1) is 18.5. The zero-order valence-electron chi connectivity index (χ0n) is 23.0. The molecule has 5 rings (SSSR count). The Labute approximate surface area is 229 Å². The van der Waals surface area contributed by atoms with Crippen molar-refractivity contribution in [2.75, 3.05) is 46.2 Å². The number of halogens is 2. The van der Waals surface area contributed by atoms with Crippen molar-refractivity contribution in [3.63, 3.8) is 0 Å². The van der Waals surface area contributed by atoms with E-state index in [0.29, 0.717) is 11.3 Å². The van der Waals surface area contributed by atoms with Gasteiger partial charge in [-0.15, -0.1) is 0 Å². The minimum Gasteiger partial charge on any atom is -0.508 e. The molecule has 0 aromatic heterocycles. The van der Waals surface area contributed by atoms with Crippen molar-refractivity contribution in [2.24, 2.45) is 11.8 Å². The molecule has 0 radical (unpaired) electrons. The topological polar surface area (TPSA) is 142 Å². The summed E-state index contributed by atoms with van der Waals surface area (Å²) < 4.78 is 26.9. The number of aliphatic hydroxyl groups excluding tert-OH is 2. The van der Waals surface area contributed by atoms with Crippen LogP contribution in [0.5, 0.6) is 5.75 Å². The van der Waals surface area contributed by atoms with Gasteiger partial charge in [-0.3, -0.25) is 24.2 Å². The highest BCUT2D eigenvalue weighted by Crippen LogP contribution is 2.54. The number of alkyl halides is 2. The van der Waals surface area contributed by atoms with E-state index in [-0.39, 0.29) is 41.8 Å². The molecule has 1 aromatic rings. The van der Waals surface area contributed by atoms with Gasteiger partial charge in [0.15, 0.2) is 17.2 Å². The second-order valence-corrected chi connectivity index (χ2v) is 11.8. The Morgan fingerprint density at radius 3 is 2.27 bits per heavy atom. The molecule has 4 atom stereocenters. The number of aliphatic hydroxyl groups is 3. The molecule has 10 nitrogen and oxygen atoms in total. The number of Topliss-reactive ketones (excluding diaryl/α,β-unsaturated/α-hetero) is 3. The van der Waals surface area contributed by atoms with Gasteiger partial charge in [0.05, 0.1) is 24.7 Å². The molecule has 40 heavy (non-hydrogen) atoms. The summed E-state index contributed by atoms with van der Waals surface area (Å²) in [7, 11) is 6.65. The van der Waals surface area contributed by atoms with Crippen LogP contribution in [0.15, 0.2) is 23.0 Å². The zero-order valence-corrected chi connectivity index (χ0v) is 23.0. The Morgan fingerprint density at radius 2 is 1.75 bits per heavy atom. The normalized spacial score (nSPS) is 29.7. The molecule has 1 aromatic carbocycles. The molecule has 2 fully saturated rings. The van der Waals surface area contributed by atoms with Crippen molar-refractivity contribution in [1.82, 2.24) is 9.80 Å². The summed E-state index contributed by atoms with van der Waals surface area (Å²) in [5, 5.41) is 45.6. The molecule has 0 spiro atoms. The third-order valence-electron chi connectivity index (χ3n) is 8.67. The van der Waals surface area contributed by atoms with Crippen molar-refractivity contribution in [1.29, 1.82) is 0 Å². The molecule has 4 N–H and O–H groups in total. The van der Waals surface area contributed by atoms with Gasteiger partial charge in [-0.25, -0.2) is 8.78 Å². The quantitative estimate of drug-likeness (QED) is 0.392. The predicted molar refractivity (Wildman–Crippen MR) is 140 cm³/mol. The number of anilines is 1. The standard InChI is InChI=1S/C28H33F2N3O7/c1-12(34)18-24(37)21(32(4)5)16-7-13-6-15-17(31(2)3)8-14(9-33-10-27(29,30)11-33)22(35)20(15)23(36)19(13)26(39)28(16,40)25(18)38/h8,13,16,21,35-36,38,40H,6-7,9-11H2,1-5H3/t13-,16-,21-,28+/m0/s1. The monoisotopic (exact) mass is 561 g/mol. The molecule has 0 unspecified atom stereocenters. The number of nitrogens with zero attached hydrogens (tertiary/aromatic N) is 3. The highest BCUT2D eigenvalue weighted by Gasteiger charge is 2.64. The summed E-state index contributed by atoms with van der Waals surface area (Å²) in [6.45, 7) is 0.0943. The van der Waals surface area contributed by atoms with Crippen LogP contribution >= 0.6 is 0 Å². The Balaban J connectivity index is 1.68. The van der Waals surface area contributed by atoms with Crippen molar-refractivity contribution < 1.29 is 43.6 Å². The molecule has 0 amide bonds. The number of likely N-dealkylation sites (N-methyl/N-ethyl adjacent to an activating group) is 1. The average Bonchev–Trinajstić information content (AvgIpc) is 2.81. The van der Waals surface area contributed by atoms with Gasteiger partial charge in [-0.2, -0.15) is 0 Å². The van der Waals surface area contributed by atoms with E-state index in [1.807, 2.05) is 0 Å². The Bertz CT molecular complexity index is 1410. The number of phenolic OH excluding ortho intramolecular Hbond substituents is 1. The van der Waals surface area contributed by atoms with Crippen molar-refractivity contribution >= 4 is 28.8 Å². The van der Waals surface area contributed by atoms with Gasteiger partial charge >= 0.3 is 0 Å². The first-order valence-electron chi connectivity index (χ1n) is 13.0. The summed E-state index contributed by atoms with van der Waals surface area (Å²) >= 11 is 0. The van der Waals surface area contributed by atoms with Crippen molar-refractivity contribution in [3.8, 4) is 5.75 Å². The number of likely N-dealkylation sites (tertiary alicyclic amines) is 1. The summed E-state index contributed by atoms with van der Waals surface area (Å²) in [5.74, 6) is -9.14. The smallest absolute Gasteiger partial charge is 0.272 e. The van der Waals surface area contributed by atoms with E-state index in [9.17, 15) is 43.6 Å². The number of carbonyl (C=O) groups excluding carboxylic acids is 3. The number of ketones is 3. The first kappa shape index (κ1) is 28.2. The number of phenols is 1. The highest BCUT2D eigenvalue weighted by molar-refractivity contribution is 6.25. The lowest BCUT2D eigenvalue weighted by Gasteiger charge is -2.50. The van der Waals surface area contributed by atoms with Crippen LogP contribution < -0.4 is 4.90 Å². The molecular weight excluding hydrogens is 528 g/mol. The third-order valence-corrected chi connectivity index (χ3v) is 8.67. The molecule has 12 heteroatoms. The predicted octanol–water partition coefficient (Wildman–Crippen LogP) is 1.58. The number of fused-ring (bicyclic) bond motifs is 3. The lowest BCUT2D eigenvalue weighted by Crippen LogP contribution is -2.65. The van der Waals surface area contributed by atoms with Gasteiger partial charge in [-0.1, -0.05) is 0 Å². The van der Waals surface area contributed by atoms with E-state index in [1.54, 1.807) is 39.2 Å². The highest BCUT2D eigenvalue weighted by atomic mass is 19.3. The number of carbonyl (C=O) groups is 3. The number of hydrogen-bond acceptors (Lipinski definition) is 10. The van der Waals surface area contributed by atoms with Gasteiger partial charge in [0, 0.05) is 43.4 Å². The fraction of sp³-hybridized carbons (Fsp3) is 0.536. The Morgan fingerprint density at radius 1 is 1.12 bits per heavy atom. The fourth-order valence-corrected chi connectivity index (χ4v) is 6.93. The largest absolute Gasteiger partial charge is 0.508 e. The molecule has 1 saturated carbocycles. The van der Waals surface area contributed by atoms with E-state index in [2.05, 4.69) is 0 Å². The molecule has 3 aliphatic carbocycles. The number of rotatable bonds is 5. The number of benzene rings is 1. The summed E-state index contributed by atoms with van der Waals surface area (Å²) in [6.07, 6.45) is 0.178. The van der Waals surface area contributed by atoms with Gasteiger partial charge in [0.25, 0.3) is 5.92 Å². The molecular formula is C28H33F2N3O7. The van der Waals surface area contributed by atoms with Crippen LogP contribution in [-0.4, -0.2) is 106 Å². The van der Waals surface area contributed by atoms with Crippen LogP contribution in [-0.2, 0) is 27.3 Å². The number of hydrogen-bond donors (Lipinski definition) is 4. The molecule has 1 aliphatic heterocycles. The maximum atomic E-state index is 14.0. The SMILES string of the molecule is CC(=O)C1=C(O)[C@@]2(O)C(=O)C3=C(O)c4c(O)c(CN5CC(F)(F)C5)cc(N(C)C)c4C[C@H]3C[C@H]2[C@H](N(C)C)C1=O. The minimum atomic E-state index is -2.81. The molecule has 0 bridgehead atoms. The van der Waals surface area contributed by atoms with Crippen LogP contribution in [0.25, 0.3) is 5.76 Å². The van der Waals surface area contributed by atoms with Gasteiger partial charge < -0.3 is 25.3 Å². The summed E-state index contributed by atoms with van der Waals surface area (Å²) in [4.78, 5) is 44.3. The van der Waals surface area contributed by atoms with Gasteiger partial charge in [0.2, 0.25) is 5.78 Å². The summed E-state index contributed by atoms with van der Waals surface area (Å²) in [6, 6.07) is 0.581. The van der Waals surface area contributed by atoms with E-state index in [0.717, 1.165) is 6.92 Å². The lowest BCUT2D eigenvalue weighted by molar-refractivity contribution is -0.153. The lowest BCUT2D eigenvalue weighted by atomic mass is 9.57. The van der Waals surface area contributed by atoms with E-state index in [1.165, 1.54) is 9.80 Å². The third kappa shape index (κ3) is 3.87. The maximum Gasteiger partial charge on any atom is 0.272 e. The Kier molecular flexibility index (Phi) is 6.40. The molecule has 216 valence electrons. The van der Waals surface area contributed by atoms with Gasteiger partial charge in [-0.05, 0) is 51.4 Å². The van der Waals surface area contributed by atoms with Crippen LogP contribution in [0.4, 0.5) is 14.5 Å². The molecule has 1 saturated heterocycles. The maximum absolute atomic E-state index is 14.0. The molecule has 4 aliphatic rings. The Hall–Kier alpha value is -3.35. The number of aromatic hydroxyl groups is 1. The molecule has 1 heterocycles. The second kappa shape index (κ2) is 9.08. The van der Waals surface area contributed by atoms with Crippen molar-refractivity contribution in [3.05, 3.63) is 39.7 Å². The van der Waals surface area contributed by atoms with Crippen LogP contribution in [0.1, 0.15) is 30.0 Å². The van der Waals surface area contributed by atoms with E-state index in [4.69, 9.17) is 0 Å². The summed E-state index contributed by atoms with van der Waals surface area (Å²) in [5.41, 5.74) is -2.16. The van der Waals surface area contributed by atoms with Crippen LogP contribution in [0.2, 0.25) is 0 Å². The fourth-order valence-electron chi connectivity index (χ4n) is 6.93. The first-order valence-corrected chi connectivity index (χ1v) is 13.0. The zero-order chi connectivity index (χ0) is 29.6. The van der Waals surface area contributed by atoms with Crippen molar-refractivity contribution in [2.45, 2.75) is 43.9 Å². The van der Waals surface area contributed by atoms with Crippen LogP contribution in [0.3, 0.4) is 0 Å².